The molecule has 2 aromatic rings. The van der Waals surface area contributed by atoms with Crippen LogP contribution in [0.4, 0.5) is 18.9 Å². The largest absolute Gasteiger partial charge is 0.464 e. The third kappa shape index (κ3) is 3.25. The molecule has 1 amide bonds. The number of benzene rings is 1. The lowest BCUT2D eigenvalue weighted by atomic mass is 10.1. The summed E-state index contributed by atoms with van der Waals surface area (Å²) in [6.07, 6.45) is -3.40. The third-order valence-electron chi connectivity index (χ3n) is 2.73. The maximum atomic E-state index is 12.6. The Bertz CT molecular complexity index is 710. The molecule has 9 heteroatoms. The highest BCUT2D eigenvalue weighted by Crippen LogP contribution is 2.29. The van der Waals surface area contributed by atoms with E-state index in [1.807, 2.05) is 0 Å². The Morgan fingerprint density at radius 3 is 2.68 bits per heavy atom. The highest BCUT2D eigenvalue weighted by atomic mass is 19.4. The van der Waals surface area contributed by atoms with E-state index in [1.54, 1.807) is 0 Å². The number of ether oxygens (including phenoxy) is 1. The van der Waals surface area contributed by atoms with Gasteiger partial charge in [-0.2, -0.15) is 18.3 Å². The fourth-order valence-electron chi connectivity index (χ4n) is 1.67. The number of methoxy groups -OCH3 is 1. The number of alkyl halides is 3. The number of aromatic amines is 1. The van der Waals surface area contributed by atoms with E-state index in [-0.39, 0.29) is 16.9 Å². The molecule has 0 saturated heterocycles. The van der Waals surface area contributed by atoms with Gasteiger partial charge in [-0.15, -0.1) is 0 Å². The summed E-state index contributed by atoms with van der Waals surface area (Å²) in [5.74, 6) is -1.57. The molecule has 2 rings (SSSR count). The number of H-pyrrole nitrogens is 1. The first kappa shape index (κ1) is 15.5. The summed E-state index contributed by atoms with van der Waals surface area (Å²) in [4.78, 5) is 23.4. The second-order valence-electron chi connectivity index (χ2n) is 4.18. The van der Waals surface area contributed by atoms with Gasteiger partial charge in [0.15, 0.2) is 5.69 Å². The molecular weight excluding hydrogens is 303 g/mol. The fourth-order valence-corrected chi connectivity index (χ4v) is 1.67. The number of carbonyl (C=O) groups is 2. The van der Waals surface area contributed by atoms with E-state index in [4.69, 9.17) is 0 Å². The summed E-state index contributed by atoms with van der Waals surface area (Å²) in [6.45, 7) is 0. The molecule has 116 valence electrons. The minimum atomic E-state index is -4.55. The van der Waals surface area contributed by atoms with Crippen LogP contribution in [0.1, 0.15) is 26.4 Å². The van der Waals surface area contributed by atoms with Gasteiger partial charge >= 0.3 is 12.1 Å². The zero-order valence-electron chi connectivity index (χ0n) is 11.2. The van der Waals surface area contributed by atoms with Crippen molar-refractivity contribution in [1.29, 1.82) is 0 Å². The number of anilines is 1. The Labute approximate surface area is 122 Å². The Hall–Kier alpha value is -2.84. The van der Waals surface area contributed by atoms with Crippen molar-refractivity contribution in [3.8, 4) is 0 Å². The number of rotatable bonds is 3. The quantitative estimate of drug-likeness (QED) is 0.853. The molecule has 0 aliphatic rings. The van der Waals surface area contributed by atoms with Gasteiger partial charge in [-0.1, -0.05) is 6.07 Å². The molecule has 6 nitrogen and oxygen atoms in total. The van der Waals surface area contributed by atoms with Crippen molar-refractivity contribution < 1.29 is 27.5 Å². The first-order chi connectivity index (χ1) is 10.3. The molecule has 22 heavy (non-hydrogen) atoms. The van der Waals surface area contributed by atoms with Crippen LogP contribution in [0.5, 0.6) is 0 Å². The average molecular weight is 313 g/mol. The molecule has 0 aliphatic carbocycles. The fraction of sp³-hybridized carbons (Fsp3) is 0.154. The maximum absolute atomic E-state index is 12.6. The predicted octanol–water partition coefficient (Wildman–Crippen LogP) is 2.47. The molecule has 1 aromatic carbocycles. The van der Waals surface area contributed by atoms with Crippen LogP contribution >= 0.6 is 0 Å². The Balaban J connectivity index is 2.24. The minimum absolute atomic E-state index is 0.00858. The van der Waals surface area contributed by atoms with Gasteiger partial charge in [-0.3, -0.25) is 9.89 Å². The van der Waals surface area contributed by atoms with Crippen molar-refractivity contribution in [3.63, 3.8) is 0 Å². The van der Waals surface area contributed by atoms with E-state index < -0.39 is 23.6 Å². The SMILES string of the molecule is COC(=O)c1[nH]ncc1NC(=O)c1cccc(C(F)(F)F)c1. The van der Waals surface area contributed by atoms with Gasteiger partial charge in [0.05, 0.1) is 24.6 Å². The van der Waals surface area contributed by atoms with Gasteiger partial charge in [0.2, 0.25) is 0 Å². The number of nitrogens with one attached hydrogen (secondary N) is 2. The first-order valence-corrected chi connectivity index (χ1v) is 5.93. The van der Waals surface area contributed by atoms with Gasteiger partial charge in [0.1, 0.15) is 0 Å². The van der Waals surface area contributed by atoms with Gasteiger partial charge < -0.3 is 10.1 Å². The Kier molecular flexibility index (Phi) is 4.15. The monoisotopic (exact) mass is 313 g/mol. The standard InChI is InChI=1S/C13H10F3N3O3/c1-22-12(21)10-9(6-17-19-10)18-11(20)7-3-2-4-8(5-7)13(14,15)16/h2-6H,1H3,(H,17,19)(H,18,20). The summed E-state index contributed by atoms with van der Waals surface area (Å²) >= 11 is 0. The number of hydrogen-bond donors (Lipinski definition) is 2. The van der Waals surface area contributed by atoms with Crippen LogP contribution in [0, 0.1) is 0 Å². The number of carbonyl (C=O) groups excluding carboxylic acids is 2. The van der Waals surface area contributed by atoms with E-state index in [0.29, 0.717) is 6.07 Å². The number of nitrogens with zero attached hydrogens (tertiary/aromatic N) is 1. The zero-order valence-corrected chi connectivity index (χ0v) is 11.2. The lowest BCUT2D eigenvalue weighted by Gasteiger charge is -2.09. The number of esters is 1. The molecular formula is C13H10F3N3O3. The van der Waals surface area contributed by atoms with Crippen molar-refractivity contribution in [2.75, 3.05) is 12.4 Å². The highest BCUT2D eigenvalue weighted by Gasteiger charge is 2.31. The van der Waals surface area contributed by atoms with E-state index in [9.17, 15) is 22.8 Å². The van der Waals surface area contributed by atoms with Crippen LogP contribution in [-0.4, -0.2) is 29.2 Å². The molecule has 0 bridgehead atoms. The first-order valence-electron chi connectivity index (χ1n) is 5.93. The van der Waals surface area contributed by atoms with Crippen molar-refractivity contribution in [1.82, 2.24) is 10.2 Å². The molecule has 1 aromatic heterocycles. The number of hydrogen-bond acceptors (Lipinski definition) is 4. The molecule has 0 spiro atoms. The average Bonchev–Trinajstić information content (AvgIpc) is 2.93. The number of amides is 1. The van der Waals surface area contributed by atoms with Gasteiger partial charge in [0, 0.05) is 5.56 Å². The molecule has 0 saturated carbocycles. The lowest BCUT2D eigenvalue weighted by Crippen LogP contribution is -2.16. The molecule has 1 heterocycles. The van der Waals surface area contributed by atoms with Crippen molar-refractivity contribution in [2.24, 2.45) is 0 Å². The molecule has 0 fully saturated rings. The van der Waals surface area contributed by atoms with Gasteiger partial charge in [0.25, 0.3) is 5.91 Å². The van der Waals surface area contributed by atoms with E-state index >= 15 is 0 Å². The predicted molar refractivity (Wildman–Crippen MR) is 69.3 cm³/mol. The van der Waals surface area contributed by atoms with Crippen LogP contribution < -0.4 is 5.32 Å². The smallest absolute Gasteiger partial charge is 0.416 e. The third-order valence-corrected chi connectivity index (χ3v) is 2.73. The van der Waals surface area contributed by atoms with Crippen molar-refractivity contribution in [3.05, 3.63) is 47.3 Å². The molecule has 0 aliphatic heterocycles. The van der Waals surface area contributed by atoms with Crippen LogP contribution in [0.25, 0.3) is 0 Å². The molecule has 0 radical (unpaired) electrons. The van der Waals surface area contributed by atoms with Crippen LogP contribution in [-0.2, 0) is 10.9 Å². The normalized spacial score (nSPS) is 11.1. The molecule has 0 atom stereocenters. The zero-order chi connectivity index (χ0) is 16.3. The Morgan fingerprint density at radius 2 is 2.05 bits per heavy atom. The summed E-state index contributed by atoms with van der Waals surface area (Å²) < 4.78 is 42.3. The van der Waals surface area contributed by atoms with E-state index in [0.717, 1.165) is 25.4 Å². The Morgan fingerprint density at radius 1 is 1.32 bits per heavy atom. The summed E-state index contributed by atoms with van der Waals surface area (Å²) in [7, 11) is 1.14. The minimum Gasteiger partial charge on any atom is -0.464 e. The molecule has 2 N–H and O–H groups in total. The van der Waals surface area contributed by atoms with E-state index in [2.05, 4.69) is 20.3 Å². The summed E-state index contributed by atoms with van der Waals surface area (Å²) in [5, 5.41) is 8.20. The van der Waals surface area contributed by atoms with Crippen LogP contribution in [0.3, 0.4) is 0 Å². The second-order valence-corrected chi connectivity index (χ2v) is 4.18. The second kappa shape index (κ2) is 5.88. The number of halogens is 3. The highest BCUT2D eigenvalue weighted by molar-refractivity contribution is 6.07. The summed E-state index contributed by atoms with van der Waals surface area (Å²) in [5.41, 5.74) is -1.25. The van der Waals surface area contributed by atoms with Crippen molar-refractivity contribution >= 4 is 17.6 Å². The lowest BCUT2D eigenvalue weighted by molar-refractivity contribution is -0.137. The number of aromatic nitrogens is 2. The van der Waals surface area contributed by atoms with E-state index in [1.165, 1.54) is 6.07 Å². The maximum Gasteiger partial charge on any atom is 0.416 e. The molecule has 0 unspecified atom stereocenters. The van der Waals surface area contributed by atoms with Gasteiger partial charge in [-0.25, -0.2) is 4.79 Å². The van der Waals surface area contributed by atoms with Crippen LogP contribution in [0.15, 0.2) is 30.5 Å². The summed E-state index contributed by atoms with van der Waals surface area (Å²) in [6, 6.07) is 3.92. The van der Waals surface area contributed by atoms with Crippen LogP contribution in [0.2, 0.25) is 0 Å². The van der Waals surface area contributed by atoms with Gasteiger partial charge in [-0.05, 0) is 18.2 Å². The van der Waals surface area contributed by atoms with Crippen molar-refractivity contribution in [2.45, 2.75) is 6.18 Å². The topological polar surface area (TPSA) is 84.1 Å².